The Morgan fingerprint density at radius 2 is 1.77 bits per heavy atom. The van der Waals surface area contributed by atoms with Gasteiger partial charge in [0.25, 0.3) is 0 Å². The van der Waals surface area contributed by atoms with Crippen molar-refractivity contribution in [3.63, 3.8) is 0 Å². The molecule has 0 amide bonds. The second-order valence-corrected chi connectivity index (χ2v) is 3.35. The predicted octanol–water partition coefficient (Wildman–Crippen LogP) is 2.55. The van der Waals surface area contributed by atoms with Crippen LogP contribution in [0.5, 0.6) is 0 Å². The topological polar surface area (TPSA) is 52.0 Å². The third-order valence-corrected chi connectivity index (χ3v) is 2.15. The van der Waals surface area contributed by atoms with E-state index in [4.69, 9.17) is 34.7 Å². The van der Waals surface area contributed by atoms with Gasteiger partial charge in [-0.3, -0.25) is 0 Å². The molecule has 13 heavy (non-hydrogen) atoms. The molecule has 0 aliphatic rings. The van der Waals surface area contributed by atoms with Gasteiger partial charge in [-0.15, -0.1) is 0 Å². The molecule has 4 N–H and O–H groups in total. The van der Waals surface area contributed by atoms with E-state index in [1.165, 1.54) is 0 Å². The van der Waals surface area contributed by atoms with Crippen molar-refractivity contribution in [2.24, 2.45) is 5.73 Å². The van der Waals surface area contributed by atoms with Crippen molar-refractivity contribution in [1.82, 2.24) is 0 Å². The molecule has 0 fully saturated rings. The molecule has 0 aromatic heterocycles. The number of benzene rings is 1. The highest BCUT2D eigenvalue weighted by atomic mass is 35.5. The molecule has 0 radical (unpaired) electrons. The summed E-state index contributed by atoms with van der Waals surface area (Å²) < 4.78 is 0. The van der Waals surface area contributed by atoms with Crippen LogP contribution in [0, 0.1) is 0 Å². The number of hydrogen-bond acceptors (Lipinski definition) is 2. The number of nitrogen functional groups attached to an aromatic ring is 1. The summed E-state index contributed by atoms with van der Waals surface area (Å²) in [5, 5.41) is 1.07. The summed E-state index contributed by atoms with van der Waals surface area (Å²) in [4.78, 5) is 0. The Balaban J connectivity index is 3.13. The van der Waals surface area contributed by atoms with Crippen LogP contribution in [-0.2, 0) is 0 Å². The number of rotatable bonds is 2. The maximum Gasteiger partial charge on any atom is 0.0513 e. The fourth-order valence-corrected chi connectivity index (χ4v) is 1.58. The van der Waals surface area contributed by atoms with E-state index in [0.717, 1.165) is 5.56 Å². The Hall–Kier alpha value is -0.700. The highest BCUT2D eigenvalue weighted by molar-refractivity contribution is 6.37. The second kappa shape index (κ2) is 4.51. The van der Waals surface area contributed by atoms with E-state index in [2.05, 4.69) is 0 Å². The minimum atomic E-state index is 0.455. The molecule has 0 bridgehead atoms. The van der Waals surface area contributed by atoms with Crippen LogP contribution in [0.1, 0.15) is 5.56 Å². The molecule has 1 aromatic rings. The minimum Gasteiger partial charge on any atom is -0.399 e. The van der Waals surface area contributed by atoms with Crippen molar-refractivity contribution in [3.05, 3.63) is 33.8 Å². The third-order valence-electron chi connectivity index (χ3n) is 1.52. The first-order valence-corrected chi connectivity index (χ1v) is 4.52. The lowest BCUT2D eigenvalue weighted by atomic mass is 10.2. The quantitative estimate of drug-likeness (QED) is 0.748. The summed E-state index contributed by atoms with van der Waals surface area (Å²) in [5.74, 6) is 0. The van der Waals surface area contributed by atoms with E-state index in [0.29, 0.717) is 22.3 Å². The average Bonchev–Trinajstić information content (AvgIpc) is 2.02. The maximum absolute atomic E-state index is 5.91. The van der Waals surface area contributed by atoms with Crippen molar-refractivity contribution in [3.8, 4) is 0 Å². The molecule has 0 aliphatic heterocycles. The van der Waals surface area contributed by atoms with Crippen molar-refractivity contribution in [1.29, 1.82) is 0 Å². The smallest absolute Gasteiger partial charge is 0.0513 e. The van der Waals surface area contributed by atoms with E-state index in [1.807, 2.05) is 0 Å². The summed E-state index contributed by atoms with van der Waals surface area (Å²) in [7, 11) is 0. The molecule has 0 aliphatic carbocycles. The summed E-state index contributed by atoms with van der Waals surface area (Å²) >= 11 is 11.8. The number of halogens is 2. The van der Waals surface area contributed by atoms with Crippen molar-refractivity contribution in [2.45, 2.75) is 0 Å². The molecule has 0 saturated heterocycles. The van der Waals surface area contributed by atoms with Gasteiger partial charge in [0.15, 0.2) is 0 Å². The van der Waals surface area contributed by atoms with Crippen LogP contribution in [0.15, 0.2) is 18.2 Å². The Labute approximate surface area is 87.1 Å². The fourth-order valence-electron chi connectivity index (χ4n) is 0.949. The molecule has 0 heterocycles. The molecule has 70 valence electrons. The van der Waals surface area contributed by atoms with Crippen LogP contribution in [0.3, 0.4) is 0 Å². The standard InChI is InChI=1S/C9H10Cl2N2/c10-8-4-6(13)5-9(11)7(8)2-1-3-12/h1-2,4-5H,3,12-13H2. The van der Waals surface area contributed by atoms with Crippen LogP contribution < -0.4 is 11.5 Å². The first kappa shape index (κ1) is 10.4. The minimum absolute atomic E-state index is 0.455. The van der Waals surface area contributed by atoms with Gasteiger partial charge in [-0.1, -0.05) is 35.4 Å². The SMILES string of the molecule is NCC=Cc1c(Cl)cc(N)cc1Cl. The van der Waals surface area contributed by atoms with E-state index in [-0.39, 0.29) is 0 Å². The second-order valence-electron chi connectivity index (χ2n) is 2.54. The summed E-state index contributed by atoms with van der Waals surface area (Å²) in [6, 6.07) is 3.31. The van der Waals surface area contributed by atoms with Crippen molar-refractivity contribution in [2.75, 3.05) is 12.3 Å². The Bertz CT molecular complexity index is 311. The Kier molecular flexibility index (Phi) is 3.60. The lowest BCUT2D eigenvalue weighted by Gasteiger charge is -2.03. The Morgan fingerprint density at radius 1 is 1.23 bits per heavy atom. The normalized spacial score (nSPS) is 11.0. The van der Waals surface area contributed by atoms with E-state index < -0.39 is 0 Å². The molecule has 4 heteroatoms. The van der Waals surface area contributed by atoms with E-state index >= 15 is 0 Å². The average molecular weight is 217 g/mol. The highest BCUT2D eigenvalue weighted by Gasteiger charge is 2.03. The summed E-state index contributed by atoms with van der Waals surface area (Å²) in [6.07, 6.45) is 3.56. The van der Waals surface area contributed by atoms with Crippen LogP contribution in [0.2, 0.25) is 10.0 Å². The van der Waals surface area contributed by atoms with Gasteiger partial charge in [-0.05, 0) is 12.1 Å². The van der Waals surface area contributed by atoms with Crippen molar-refractivity contribution < 1.29 is 0 Å². The van der Waals surface area contributed by atoms with Gasteiger partial charge >= 0.3 is 0 Å². The molecule has 0 spiro atoms. The van der Waals surface area contributed by atoms with Gasteiger partial charge in [0.2, 0.25) is 0 Å². The van der Waals surface area contributed by atoms with Gasteiger partial charge in [-0.25, -0.2) is 0 Å². The van der Waals surface area contributed by atoms with Gasteiger partial charge in [-0.2, -0.15) is 0 Å². The van der Waals surface area contributed by atoms with Gasteiger partial charge in [0, 0.05) is 17.8 Å². The van der Waals surface area contributed by atoms with E-state index in [9.17, 15) is 0 Å². The Morgan fingerprint density at radius 3 is 2.23 bits per heavy atom. The largest absolute Gasteiger partial charge is 0.399 e. The third kappa shape index (κ3) is 2.62. The van der Waals surface area contributed by atoms with Gasteiger partial charge in [0.1, 0.15) is 0 Å². The fraction of sp³-hybridized carbons (Fsp3) is 0.111. The monoisotopic (exact) mass is 216 g/mol. The lowest BCUT2D eigenvalue weighted by molar-refractivity contribution is 1.26. The van der Waals surface area contributed by atoms with Crippen LogP contribution in [0.25, 0.3) is 6.08 Å². The molecule has 0 saturated carbocycles. The zero-order valence-corrected chi connectivity index (χ0v) is 8.44. The molecule has 1 aromatic carbocycles. The predicted molar refractivity (Wildman–Crippen MR) is 59.0 cm³/mol. The number of nitrogens with two attached hydrogens (primary N) is 2. The molecule has 2 nitrogen and oxygen atoms in total. The first-order valence-electron chi connectivity index (χ1n) is 3.76. The maximum atomic E-state index is 5.91. The number of anilines is 1. The zero-order valence-electron chi connectivity index (χ0n) is 6.93. The van der Waals surface area contributed by atoms with Gasteiger partial charge < -0.3 is 11.5 Å². The molecular weight excluding hydrogens is 207 g/mol. The molecule has 1 rings (SSSR count). The molecule has 0 unspecified atom stereocenters. The first-order chi connectivity index (χ1) is 6.15. The van der Waals surface area contributed by atoms with Crippen LogP contribution >= 0.6 is 23.2 Å². The van der Waals surface area contributed by atoms with Gasteiger partial charge in [0.05, 0.1) is 10.0 Å². The lowest BCUT2D eigenvalue weighted by Crippen LogP contribution is -1.92. The number of hydrogen-bond donors (Lipinski definition) is 2. The summed E-state index contributed by atoms with van der Waals surface area (Å²) in [5.41, 5.74) is 12.2. The molecule has 0 atom stereocenters. The summed E-state index contributed by atoms with van der Waals surface area (Å²) in [6.45, 7) is 0.455. The van der Waals surface area contributed by atoms with E-state index in [1.54, 1.807) is 24.3 Å². The zero-order chi connectivity index (χ0) is 9.84. The van der Waals surface area contributed by atoms with Crippen LogP contribution in [-0.4, -0.2) is 6.54 Å². The van der Waals surface area contributed by atoms with Crippen LogP contribution in [0.4, 0.5) is 5.69 Å². The molecular formula is C9H10Cl2N2. The van der Waals surface area contributed by atoms with Crippen molar-refractivity contribution >= 4 is 35.0 Å². The highest BCUT2D eigenvalue weighted by Crippen LogP contribution is 2.28.